The van der Waals surface area contributed by atoms with E-state index in [-0.39, 0.29) is 0 Å². The summed E-state index contributed by atoms with van der Waals surface area (Å²) in [5, 5.41) is 0. The van der Waals surface area contributed by atoms with Crippen LogP contribution in [0.1, 0.15) is 109 Å². The van der Waals surface area contributed by atoms with Crippen molar-refractivity contribution in [1.29, 1.82) is 0 Å². The van der Waals surface area contributed by atoms with Crippen LogP contribution >= 0.6 is 0 Å². The summed E-state index contributed by atoms with van der Waals surface area (Å²) in [6, 6.07) is 11.0. The van der Waals surface area contributed by atoms with E-state index >= 15 is 0 Å². The van der Waals surface area contributed by atoms with Gasteiger partial charge < -0.3 is 9.80 Å². The smallest absolute Gasteiger partial charge is 0.105 e. The molecule has 2 rings (SSSR count). The molecule has 1 aliphatic rings. The maximum Gasteiger partial charge on any atom is 0.105 e. The summed E-state index contributed by atoms with van der Waals surface area (Å²) < 4.78 is 0. The van der Waals surface area contributed by atoms with Gasteiger partial charge in [-0.1, -0.05) is 121 Å². The summed E-state index contributed by atoms with van der Waals surface area (Å²) in [5.74, 6) is 0. The highest BCUT2D eigenvalue weighted by atomic mass is 15.4. The number of nitrogens with zero attached hydrogens (tertiary/aromatic N) is 2. The Bertz CT molecular complexity index is 539. The minimum absolute atomic E-state index is 0.507. The molecule has 0 N–H and O–H groups in total. The molecule has 2 nitrogen and oxygen atoms in total. The van der Waals surface area contributed by atoms with Crippen molar-refractivity contribution >= 4 is 0 Å². The van der Waals surface area contributed by atoms with E-state index in [1.54, 1.807) is 0 Å². The Labute approximate surface area is 187 Å². The Morgan fingerprint density at radius 1 is 0.567 bits per heavy atom. The molecule has 1 heterocycles. The van der Waals surface area contributed by atoms with Gasteiger partial charge >= 0.3 is 0 Å². The van der Waals surface area contributed by atoms with Gasteiger partial charge in [-0.15, -0.1) is 0 Å². The zero-order valence-electron chi connectivity index (χ0n) is 20.0. The van der Waals surface area contributed by atoms with Crippen molar-refractivity contribution in [2.24, 2.45) is 0 Å². The monoisotopic (exact) mass is 412 g/mol. The Kier molecular flexibility index (Phi) is 13.5. The maximum atomic E-state index is 2.60. The molecule has 1 atom stereocenters. The van der Waals surface area contributed by atoms with Gasteiger partial charge in [-0.25, -0.2) is 0 Å². The maximum absolute atomic E-state index is 2.60. The highest BCUT2D eigenvalue weighted by Crippen LogP contribution is 2.22. The van der Waals surface area contributed by atoms with Crippen molar-refractivity contribution < 1.29 is 0 Å². The van der Waals surface area contributed by atoms with Gasteiger partial charge in [-0.2, -0.15) is 0 Å². The van der Waals surface area contributed by atoms with Crippen LogP contribution in [0.4, 0.5) is 0 Å². The lowest BCUT2D eigenvalue weighted by Crippen LogP contribution is -2.41. The van der Waals surface area contributed by atoms with Gasteiger partial charge in [0.25, 0.3) is 0 Å². The molecule has 1 aromatic rings. The van der Waals surface area contributed by atoms with Gasteiger partial charge in [-0.05, 0) is 18.4 Å². The molecular weight excluding hydrogens is 364 g/mol. The molecule has 0 radical (unpaired) electrons. The first-order chi connectivity index (χ1) is 14.8. The van der Waals surface area contributed by atoms with E-state index in [4.69, 9.17) is 0 Å². The van der Waals surface area contributed by atoms with Gasteiger partial charge in [-0.3, -0.25) is 0 Å². The topological polar surface area (TPSA) is 6.48 Å². The van der Waals surface area contributed by atoms with Gasteiger partial charge in [0.15, 0.2) is 0 Å². The van der Waals surface area contributed by atoms with Crippen LogP contribution < -0.4 is 0 Å². The van der Waals surface area contributed by atoms with Crippen LogP contribution in [0.25, 0.3) is 0 Å². The van der Waals surface area contributed by atoms with Gasteiger partial charge in [0.1, 0.15) is 6.17 Å². The third-order valence-electron chi connectivity index (χ3n) is 6.52. The molecule has 0 bridgehead atoms. The summed E-state index contributed by atoms with van der Waals surface area (Å²) in [5.41, 5.74) is 1.45. The number of hydrogen-bond acceptors (Lipinski definition) is 2. The number of rotatable bonds is 18. The Morgan fingerprint density at radius 3 is 1.53 bits per heavy atom. The summed E-state index contributed by atoms with van der Waals surface area (Å²) in [6.45, 7) is 6.98. The van der Waals surface area contributed by atoms with E-state index in [9.17, 15) is 0 Å². The first-order valence-electron chi connectivity index (χ1n) is 13.1. The standard InChI is InChI=1S/C28H48N2/c1-3-5-7-8-9-10-11-12-13-14-19-23-30-25-24-29(22-18-6-4-2)28(30)26-27-20-16-15-17-21-27/h15-17,20-21,24-25,28H,3-14,18-19,22-23,26H2,1-2H3. The molecule has 1 aromatic carbocycles. The zero-order valence-corrected chi connectivity index (χ0v) is 20.0. The van der Waals surface area contributed by atoms with Crippen molar-refractivity contribution in [3.05, 3.63) is 48.3 Å². The molecule has 0 amide bonds. The average Bonchev–Trinajstić information content (AvgIpc) is 3.14. The van der Waals surface area contributed by atoms with Crippen LogP contribution in [0.15, 0.2) is 42.7 Å². The normalized spacial score (nSPS) is 16.0. The molecule has 0 spiro atoms. The predicted molar refractivity (Wildman–Crippen MR) is 132 cm³/mol. The van der Waals surface area contributed by atoms with Crippen LogP contribution in [0.2, 0.25) is 0 Å². The molecule has 30 heavy (non-hydrogen) atoms. The van der Waals surface area contributed by atoms with Crippen molar-refractivity contribution in [1.82, 2.24) is 9.80 Å². The largest absolute Gasteiger partial charge is 0.356 e. The molecule has 1 unspecified atom stereocenters. The van der Waals surface area contributed by atoms with Crippen LogP contribution in [0.5, 0.6) is 0 Å². The molecular formula is C28H48N2. The van der Waals surface area contributed by atoms with Crippen LogP contribution in [0.3, 0.4) is 0 Å². The lowest BCUT2D eigenvalue weighted by atomic mass is 10.1. The summed E-state index contributed by atoms with van der Waals surface area (Å²) in [4.78, 5) is 5.19. The van der Waals surface area contributed by atoms with Crippen molar-refractivity contribution in [3.63, 3.8) is 0 Å². The second-order valence-electron chi connectivity index (χ2n) is 9.19. The highest BCUT2D eigenvalue weighted by molar-refractivity contribution is 5.17. The van der Waals surface area contributed by atoms with Gasteiger partial charge in [0.05, 0.1) is 0 Å². The minimum Gasteiger partial charge on any atom is -0.356 e. The third kappa shape index (κ3) is 10.0. The Morgan fingerprint density at radius 2 is 1.00 bits per heavy atom. The van der Waals surface area contributed by atoms with E-state index in [1.807, 2.05) is 0 Å². The van der Waals surface area contributed by atoms with Crippen molar-refractivity contribution in [2.75, 3.05) is 13.1 Å². The third-order valence-corrected chi connectivity index (χ3v) is 6.52. The quantitative estimate of drug-likeness (QED) is 0.224. The molecule has 2 heteroatoms. The number of hydrogen-bond donors (Lipinski definition) is 0. The van der Waals surface area contributed by atoms with Crippen molar-refractivity contribution in [3.8, 4) is 0 Å². The molecule has 0 saturated heterocycles. The molecule has 1 aliphatic heterocycles. The summed E-state index contributed by atoms with van der Waals surface area (Å²) in [7, 11) is 0. The number of benzene rings is 1. The molecule has 170 valence electrons. The fraction of sp³-hybridized carbons (Fsp3) is 0.714. The molecule has 0 aliphatic carbocycles. The van der Waals surface area contributed by atoms with E-state index in [1.165, 1.54) is 109 Å². The second kappa shape index (κ2) is 16.3. The molecule has 0 fully saturated rings. The zero-order chi connectivity index (χ0) is 21.3. The van der Waals surface area contributed by atoms with Gasteiger partial charge in [0.2, 0.25) is 0 Å². The van der Waals surface area contributed by atoms with E-state index < -0.39 is 0 Å². The van der Waals surface area contributed by atoms with Crippen LogP contribution in [0, 0.1) is 0 Å². The van der Waals surface area contributed by atoms with E-state index in [2.05, 4.69) is 66.4 Å². The Balaban J connectivity index is 1.64. The second-order valence-corrected chi connectivity index (χ2v) is 9.19. The fourth-order valence-electron chi connectivity index (χ4n) is 4.57. The Hall–Kier alpha value is -1.44. The first kappa shape index (κ1) is 24.8. The SMILES string of the molecule is CCCCCCCCCCCCCN1C=CN(CCCCC)C1Cc1ccccc1. The van der Waals surface area contributed by atoms with Gasteiger partial charge in [0, 0.05) is 31.9 Å². The van der Waals surface area contributed by atoms with E-state index in [0.29, 0.717) is 6.17 Å². The highest BCUT2D eigenvalue weighted by Gasteiger charge is 2.25. The van der Waals surface area contributed by atoms with E-state index in [0.717, 1.165) is 6.42 Å². The fourth-order valence-corrected chi connectivity index (χ4v) is 4.57. The lowest BCUT2D eigenvalue weighted by Gasteiger charge is -2.33. The number of unbranched alkanes of at least 4 members (excludes halogenated alkanes) is 12. The average molecular weight is 413 g/mol. The first-order valence-corrected chi connectivity index (χ1v) is 13.1. The minimum atomic E-state index is 0.507. The van der Waals surface area contributed by atoms with Crippen LogP contribution in [-0.2, 0) is 6.42 Å². The summed E-state index contributed by atoms with van der Waals surface area (Å²) in [6.07, 6.45) is 25.8. The van der Waals surface area contributed by atoms with Crippen LogP contribution in [-0.4, -0.2) is 29.1 Å². The summed E-state index contributed by atoms with van der Waals surface area (Å²) >= 11 is 0. The lowest BCUT2D eigenvalue weighted by molar-refractivity contribution is 0.148. The predicted octanol–water partition coefficient (Wildman–Crippen LogP) is 8.15. The van der Waals surface area contributed by atoms with Crippen molar-refractivity contribution in [2.45, 2.75) is 116 Å². The molecule has 0 saturated carbocycles. The molecule has 0 aromatic heterocycles.